The van der Waals surface area contributed by atoms with Gasteiger partial charge in [-0.25, -0.2) is 4.98 Å². The minimum absolute atomic E-state index is 0.315. The van der Waals surface area contributed by atoms with Gasteiger partial charge in [-0.1, -0.05) is 0 Å². The number of hydrogen-bond acceptors (Lipinski definition) is 4. The number of anilines is 2. The predicted molar refractivity (Wildman–Crippen MR) is 63.0 cm³/mol. The quantitative estimate of drug-likeness (QED) is 0.715. The third-order valence-electron chi connectivity index (χ3n) is 2.66. The lowest BCUT2D eigenvalue weighted by atomic mass is 10.0. The molecule has 2 aromatic rings. The average Bonchev–Trinajstić information content (AvgIpc) is 2.69. The predicted octanol–water partition coefficient (Wildman–Crippen LogP) is 1.01. The van der Waals surface area contributed by atoms with Gasteiger partial charge in [-0.15, -0.1) is 0 Å². The Kier molecular flexibility index (Phi) is 1.35. The molecular weight excluding hydrogens is 202 g/mol. The number of fused-ring (bicyclic) bond motifs is 3. The molecule has 0 saturated carbocycles. The van der Waals surface area contributed by atoms with Crippen molar-refractivity contribution in [2.75, 3.05) is 17.7 Å². The van der Waals surface area contributed by atoms with Gasteiger partial charge in [0.05, 0.1) is 14.1 Å². The topological polar surface area (TPSA) is 60.0 Å². The molecule has 5 nitrogen and oxygen atoms in total. The van der Waals surface area contributed by atoms with E-state index >= 15 is 0 Å². The molecule has 82 valence electrons. The summed E-state index contributed by atoms with van der Waals surface area (Å²) in [6, 6.07) is 1.81. The number of rotatable bonds is 0. The molecule has 0 bridgehead atoms. The van der Waals surface area contributed by atoms with Crippen molar-refractivity contribution >= 4 is 11.5 Å². The van der Waals surface area contributed by atoms with E-state index in [2.05, 4.69) is 10.1 Å². The monoisotopic (exact) mass is 217 g/mol. The van der Waals surface area contributed by atoms with Crippen molar-refractivity contribution in [1.29, 1.82) is 0 Å². The maximum Gasteiger partial charge on any atom is 0.147 e. The fourth-order valence-corrected chi connectivity index (χ4v) is 2.02. The van der Waals surface area contributed by atoms with Crippen molar-refractivity contribution in [3.05, 3.63) is 24.0 Å². The van der Waals surface area contributed by atoms with Crippen LogP contribution in [0.4, 0.5) is 11.5 Å². The molecule has 0 unspecified atom stereocenters. The van der Waals surface area contributed by atoms with Crippen LogP contribution in [-0.4, -0.2) is 21.8 Å². The molecule has 0 radical (unpaired) electrons. The van der Waals surface area contributed by atoms with Crippen molar-refractivity contribution < 1.29 is 2.74 Å². The highest BCUT2D eigenvalue weighted by atomic mass is 15.3. The van der Waals surface area contributed by atoms with Crippen LogP contribution in [0.2, 0.25) is 0 Å². The number of aryl methyl sites for hydroxylation is 1. The first-order valence-corrected chi connectivity index (χ1v) is 4.95. The van der Waals surface area contributed by atoms with Crippen LogP contribution in [0.5, 0.6) is 0 Å². The molecule has 0 amide bonds. The summed E-state index contributed by atoms with van der Waals surface area (Å²) < 4.78 is 18.0. The SMILES string of the molecule is [2H]C1([2H])c2cn(C)nc2-c2ccnc(N)c2N1C. The van der Waals surface area contributed by atoms with E-state index in [1.54, 1.807) is 31.2 Å². The molecule has 0 fully saturated rings. The van der Waals surface area contributed by atoms with Crippen molar-refractivity contribution in [2.24, 2.45) is 7.05 Å². The lowest BCUT2D eigenvalue weighted by Crippen LogP contribution is -2.22. The van der Waals surface area contributed by atoms with Crippen LogP contribution >= 0.6 is 0 Å². The van der Waals surface area contributed by atoms with Gasteiger partial charge < -0.3 is 10.6 Å². The van der Waals surface area contributed by atoms with Gasteiger partial charge in [0.25, 0.3) is 0 Å². The number of aromatic nitrogens is 3. The summed E-state index contributed by atoms with van der Waals surface area (Å²) >= 11 is 0. The Balaban J connectivity index is 2.40. The molecule has 0 aromatic carbocycles. The summed E-state index contributed by atoms with van der Waals surface area (Å²) in [6.45, 7) is -1.65. The zero-order valence-electron chi connectivity index (χ0n) is 11.1. The maximum atomic E-state index is 8.21. The zero-order chi connectivity index (χ0) is 13.1. The molecular formula is C11H13N5. The first-order valence-electron chi connectivity index (χ1n) is 5.95. The molecule has 2 aromatic heterocycles. The third-order valence-corrected chi connectivity index (χ3v) is 2.66. The van der Waals surface area contributed by atoms with Crippen molar-refractivity contribution in [3.63, 3.8) is 0 Å². The summed E-state index contributed by atoms with van der Waals surface area (Å²) in [5.41, 5.74) is 8.45. The summed E-state index contributed by atoms with van der Waals surface area (Å²) in [5, 5.41) is 4.33. The number of hydrogen-bond donors (Lipinski definition) is 1. The summed E-state index contributed by atoms with van der Waals surface area (Å²) in [7, 11) is 3.45. The second kappa shape index (κ2) is 2.98. The molecule has 1 aliphatic rings. The smallest absolute Gasteiger partial charge is 0.147 e. The molecule has 1 aliphatic heterocycles. The third kappa shape index (κ3) is 1.11. The van der Waals surface area contributed by atoms with Gasteiger partial charge in [0.1, 0.15) is 5.82 Å². The second-order valence-electron chi connectivity index (χ2n) is 3.83. The van der Waals surface area contributed by atoms with Crippen molar-refractivity contribution in [1.82, 2.24) is 14.8 Å². The van der Waals surface area contributed by atoms with Gasteiger partial charge in [-0.2, -0.15) is 5.10 Å². The Morgan fingerprint density at radius 2 is 2.31 bits per heavy atom. The summed E-state index contributed by atoms with van der Waals surface area (Å²) in [4.78, 5) is 5.53. The lowest BCUT2D eigenvalue weighted by Gasteiger charge is -2.27. The molecule has 0 saturated heterocycles. The lowest BCUT2D eigenvalue weighted by molar-refractivity contribution is 0.770. The molecule has 0 spiro atoms. The highest BCUT2D eigenvalue weighted by Gasteiger charge is 2.24. The Bertz CT molecular complexity index is 634. The van der Waals surface area contributed by atoms with Gasteiger partial charge in [-0.3, -0.25) is 4.68 Å². The Hall–Kier alpha value is -2.04. The van der Waals surface area contributed by atoms with Crippen LogP contribution in [0.25, 0.3) is 11.3 Å². The molecule has 0 atom stereocenters. The van der Waals surface area contributed by atoms with Crippen LogP contribution in [0.3, 0.4) is 0 Å². The molecule has 3 heterocycles. The molecule has 3 rings (SSSR count). The van der Waals surface area contributed by atoms with E-state index in [4.69, 9.17) is 8.48 Å². The molecule has 2 N–H and O–H groups in total. The van der Waals surface area contributed by atoms with E-state index in [0.717, 1.165) is 5.56 Å². The maximum absolute atomic E-state index is 8.21. The second-order valence-corrected chi connectivity index (χ2v) is 3.83. The summed E-state index contributed by atoms with van der Waals surface area (Å²) in [5.74, 6) is 0.315. The van der Waals surface area contributed by atoms with Crippen molar-refractivity contribution in [3.8, 4) is 11.3 Å². The van der Waals surface area contributed by atoms with E-state index < -0.39 is 6.50 Å². The summed E-state index contributed by atoms with van der Waals surface area (Å²) in [6.07, 6.45) is 3.31. The molecule has 0 aliphatic carbocycles. The van der Waals surface area contributed by atoms with E-state index in [0.29, 0.717) is 22.8 Å². The highest BCUT2D eigenvalue weighted by Crippen LogP contribution is 2.39. The standard InChI is InChI=1S/C11H13N5/c1-15-5-7-6-16(2)14-9(7)8-3-4-13-11(12)10(8)15/h3-4,6H,5H2,1-2H3,(H2,12,13)/i5D2. The van der Waals surface area contributed by atoms with E-state index in [1.807, 2.05) is 6.07 Å². The fraction of sp³-hybridized carbons (Fsp3) is 0.273. The van der Waals surface area contributed by atoms with E-state index in [9.17, 15) is 0 Å². The normalized spacial score (nSPS) is 18.5. The average molecular weight is 217 g/mol. The van der Waals surface area contributed by atoms with Crippen LogP contribution < -0.4 is 10.6 Å². The van der Waals surface area contributed by atoms with Gasteiger partial charge in [-0.05, 0) is 6.07 Å². The highest BCUT2D eigenvalue weighted by molar-refractivity contribution is 5.86. The fourth-order valence-electron chi connectivity index (χ4n) is 2.02. The first kappa shape index (κ1) is 7.27. The van der Waals surface area contributed by atoms with E-state index in [1.165, 1.54) is 4.90 Å². The minimum Gasteiger partial charge on any atom is -0.382 e. The van der Waals surface area contributed by atoms with Gasteiger partial charge >= 0.3 is 0 Å². The van der Waals surface area contributed by atoms with Gasteiger partial charge in [0, 0.05) is 44.1 Å². The molecule has 5 heteroatoms. The number of nitrogen functional groups attached to an aromatic ring is 1. The van der Waals surface area contributed by atoms with Gasteiger partial charge in [0.2, 0.25) is 0 Å². The minimum atomic E-state index is -1.65. The van der Waals surface area contributed by atoms with Crippen LogP contribution in [0, 0.1) is 0 Å². The molecule has 16 heavy (non-hydrogen) atoms. The van der Waals surface area contributed by atoms with Crippen LogP contribution in [0.1, 0.15) is 8.30 Å². The number of pyridine rings is 1. The largest absolute Gasteiger partial charge is 0.382 e. The number of nitrogens with two attached hydrogens (primary N) is 1. The number of nitrogens with zero attached hydrogens (tertiary/aromatic N) is 4. The Morgan fingerprint density at radius 3 is 3.12 bits per heavy atom. The van der Waals surface area contributed by atoms with E-state index in [-0.39, 0.29) is 0 Å². The Labute approximate surface area is 96.3 Å². The van der Waals surface area contributed by atoms with Crippen LogP contribution in [0.15, 0.2) is 18.5 Å². The zero-order valence-corrected chi connectivity index (χ0v) is 9.10. The Morgan fingerprint density at radius 1 is 1.50 bits per heavy atom. The van der Waals surface area contributed by atoms with Crippen LogP contribution in [-0.2, 0) is 13.5 Å². The first-order chi connectivity index (χ1) is 8.43. The van der Waals surface area contributed by atoms with Crippen molar-refractivity contribution in [2.45, 2.75) is 6.50 Å². The van der Waals surface area contributed by atoms with Gasteiger partial charge in [0.15, 0.2) is 0 Å².